The molecule has 336 valence electrons. The monoisotopic (exact) mass is 868 g/mol. The Morgan fingerprint density at radius 2 is 0.844 bits per heavy atom. The van der Waals surface area contributed by atoms with E-state index in [0.717, 1.165) is 33.4 Å². The maximum absolute atomic E-state index is 12.1. The van der Waals surface area contributed by atoms with Crippen LogP contribution in [0.5, 0.6) is 0 Å². The van der Waals surface area contributed by atoms with Crippen molar-refractivity contribution in [2.75, 3.05) is 19.8 Å². The van der Waals surface area contributed by atoms with E-state index in [1.54, 1.807) is 0 Å². The Kier molecular flexibility index (Phi) is 19.1. The second-order valence-electron chi connectivity index (χ2n) is 15.8. The first-order valence-electron chi connectivity index (χ1n) is 22.1. The maximum atomic E-state index is 12.1. The molecule has 0 aliphatic carbocycles. The lowest BCUT2D eigenvalue weighted by molar-refractivity contribution is -0.347. The predicted molar refractivity (Wildman–Crippen MR) is 244 cm³/mol. The first kappa shape index (κ1) is 46.9. The maximum Gasteiger partial charge on any atom is 0.187 e. The summed E-state index contributed by atoms with van der Waals surface area (Å²) < 4.78 is 53.7. The lowest BCUT2D eigenvalue weighted by atomic mass is 9.97. The van der Waals surface area contributed by atoms with Crippen LogP contribution in [0.3, 0.4) is 0 Å². The third-order valence-corrected chi connectivity index (χ3v) is 11.0. The summed E-state index contributed by atoms with van der Waals surface area (Å²) in [6, 6.07) is 59.3. The Labute approximate surface area is 377 Å². The van der Waals surface area contributed by atoms with Gasteiger partial charge in [0.25, 0.3) is 0 Å². The highest BCUT2D eigenvalue weighted by molar-refractivity contribution is 5.18. The number of aliphatic hydroxyl groups excluding tert-OH is 2. The molecule has 0 bridgehead atoms. The zero-order valence-electron chi connectivity index (χ0n) is 36.2. The van der Waals surface area contributed by atoms with E-state index in [-0.39, 0.29) is 59.3 Å². The first-order chi connectivity index (χ1) is 31.6. The van der Waals surface area contributed by atoms with Gasteiger partial charge in [0.2, 0.25) is 0 Å². The van der Waals surface area contributed by atoms with E-state index in [4.69, 9.17) is 37.9 Å². The van der Waals surface area contributed by atoms with Gasteiger partial charge >= 0.3 is 0 Å². The van der Waals surface area contributed by atoms with Gasteiger partial charge < -0.3 is 48.1 Å². The summed E-state index contributed by atoms with van der Waals surface area (Å²) in [6.45, 7) is 1.39. The summed E-state index contributed by atoms with van der Waals surface area (Å²) in [6.07, 6.45) is -7.09. The summed E-state index contributed by atoms with van der Waals surface area (Å²) in [5.41, 5.74) is 5.79. The van der Waals surface area contributed by atoms with Crippen LogP contribution in [0.4, 0.5) is 0 Å². The zero-order valence-corrected chi connectivity index (χ0v) is 36.2. The fraction of sp³-hybridized carbons (Fsp3) is 0.333. The minimum Gasteiger partial charge on any atom is -0.396 e. The third kappa shape index (κ3) is 14.7. The molecule has 10 nitrogen and oxygen atoms in total. The van der Waals surface area contributed by atoms with Crippen molar-refractivity contribution in [2.24, 2.45) is 0 Å². The molecule has 0 spiro atoms. The van der Waals surface area contributed by atoms with Crippen LogP contribution in [0.15, 0.2) is 182 Å². The normalized spacial score (nSPS) is 20.1. The Hall–Kier alpha value is -5.08. The molecule has 1 aliphatic rings. The molecule has 0 radical (unpaired) electrons. The highest BCUT2D eigenvalue weighted by Crippen LogP contribution is 2.34. The van der Waals surface area contributed by atoms with Gasteiger partial charge in [-0.15, -0.1) is 0 Å². The molecule has 1 fully saturated rings. The smallest absolute Gasteiger partial charge is 0.187 e. The van der Waals surface area contributed by atoms with Gasteiger partial charge in [0.15, 0.2) is 6.29 Å². The van der Waals surface area contributed by atoms with Crippen molar-refractivity contribution in [3.63, 3.8) is 0 Å². The second kappa shape index (κ2) is 26.0. The van der Waals surface area contributed by atoms with E-state index in [1.807, 2.05) is 182 Å². The Bertz CT molecular complexity index is 2120. The standard InChI is InChI=1S/C54H60O10/c55-32-31-48(59-35-43-23-11-3-12-24-43)50(47(56)39-57-33-41-19-7-1-8-20-41)64-54-53(62-38-46-29-17-6-18-30-46)52(61-37-45-27-15-5-16-28-45)51(60-36-44-25-13-4-14-26-44)49(63-54)40-58-34-42-21-9-2-10-22-42/h1-30,47-56H,31-40H2/t47-,48-,49-,50-,51+,52+,53-,54+/m1/s1. The topological polar surface area (TPSA) is 114 Å². The first-order valence-corrected chi connectivity index (χ1v) is 22.1. The molecule has 1 heterocycles. The average molecular weight is 869 g/mol. The highest BCUT2D eigenvalue weighted by atomic mass is 16.7. The van der Waals surface area contributed by atoms with Crippen LogP contribution in [-0.2, 0) is 77.5 Å². The fourth-order valence-corrected chi connectivity index (χ4v) is 7.65. The van der Waals surface area contributed by atoms with Gasteiger partial charge in [0, 0.05) is 6.61 Å². The molecule has 0 aromatic heterocycles. The molecule has 6 aromatic carbocycles. The minimum absolute atomic E-state index is 0.0845. The fourth-order valence-electron chi connectivity index (χ4n) is 7.65. The molecule has 2 N–H and O–H groups in total. The van der Waals surface area contributed by atoms with Crippen LogP contribution in [0.1, 0.15) is 39.8 Å². The van der Waals surface area contributed by atoms with E-state index in [0.29, 0.717) is 6.61 Å². The molecule has 6 aromatic rings. The van der Waals surface area contributed by atoms with E-state index >= 15 is 0 Å². The molecule has 1 saturated heterocycles. The van der Waals surface area contributed by atoms with Gasteiger partial charge in [-0.1, -0.05) is 182 Å². The number of hydrogen-bond donors (Lipinski definition) is 2. The van der Waals surface area contributed by atoms with Crippen molar-refractivity contribution in [2.45, 2.75) is 95.1 Å². The van der Waals surface area contributed by atoms with Crippen molar-refractivity contribution in [3.8, 4) is 0 Å². The van der Waals surface area contributed by atoms with Crippen molar-refractivity contribution >= 4 is 0 Å². The van der Waals surface area contributed by atoms with Crippen LogP contribution in [0.2, 0.25) is 0 Å². The van der Waals surface area contributed by atoms with Gasteiger partial charge in [-0.3, -0.25) is 0 Å². The van der Waals surface area contributed by atoms with Crippen molar-refractivity contribution in [1.29, 1.82) is 0 Å². The Balaban J connectivity index is 1.24. The molecule has 8 atom stereocenters. The molecule has 0 saturated carbocycles. The van der Waals surface area contributed by atoms with Crippen molar-refractivity contribution in [1.82, 2.24) is 0 Å². The molecule has 0 amide bonds. The van der Waals surface area contributed by atoms with Crippen LogP contribution in [0.25, 0.3) is 0 Å². The summed E-state index contributed by atoms with van der Waals surface area (Å²) >= 11 is 0. The van der Waals surface area contributed by atoms with Gasteiger partial charge in [-0.2, -0.15) is 0 Å². The van der Waals surface area contributed by atoms with Crippen LogP contribution in [-0.4, -0.2) is 79.1 Å². The molecule has 10 heteroatoms. The summed E-state index contributed by atoms with van der Waals surface area (Å²) in [4.78, 5) is 0. The SMILES string of the molecule is OCC[C@@H](OCc1ccccc1)[C@H](O[C@@H]1O[C@H](COCc2ccccc2)[C@H](OCc2ccccc2)[C@H](OCc2ccccc2)[C@H]1OCc1ccccc1)[C@H](O)COCc1ccccc1. The second-order valence-corrected chi connectivity index (χ2v) is 15.8. The van der Waals surface area contributed by atoms with Crippen LogP contribution >= 0.6 is 0 Å². The summed E-state index contributed by atoms with van der Waals surface area (Å²) in [5, 5.41) is 22.6. The van der Waals surface area contributed by atoms with Crippen LogP contribution < -0.4 is 0 Å². The number of benzene rings is 6. The quantitative estimate of drug-likeness (QED) is 0.0550. The average Bonchev–Trinajstić information content (AvgIpc) is 3.35. The molecule has 0 unspecified atom stereocenters. The molecule has 1 aliphatic heterocycles. The Morgan fingerprint density at radius 3 is 1.30 bits per heavy atom. The van der Waals surface area contributed by atoms with Gasteiger partial charge in [0.1, 0.15) is 36.6 Å². The number of rotatable bonds is 26. The van der Waals surface area contributed by atoms with Gasteiger partial charge in [-0.25, -0.2) is 0 Å². The van der Waals surface area contributed by atoms with Crippen molar-refractivity contribution < 1.29 is 48.1 Å². The largest absolute Gasteiger partial charge is 0.396 e. The minimum atomic E-state index is -1.21. The van der Waals surface area contributed by atoms with E-state index in [1.165, 1.54) is 0 Å². The summed E-state index contributed by atoms with van der Waals surface area (Å²) in [5.74, 6) is 0. The van der Waals surface area contributed by atoms with Crippen LogP contribution in [0, 0.1) is 0 Å². The van der Waals surface area contributed by atoms with Crippen molar-refractivity contribution in [3.05, 3.63) is 215 Å². The third-order valence-electron chi connectivity index (χ3n) is 11.0. The van der Waals surface area contributed by atoms with E-state index in [2.05, 4.69) is 0 Å². The molecule has 7 rings (SSSR count). The van der Waals surface area contributed by atoms with E-state index in [9.17, 15) is 10.2 Å². The molecular formula is C54H60O10. The lowest BCUT2D eigenvalue weighted by Crippen LogP contribution is -2.63. The van der Waals surface area contributed by atoms with Gasteiger partial charge in [0.05, 0.1) is 59.0 Å². The predicted octanol–water partition coefficient (Wildman–Crippen LogP) is 8.62. The molecular weight excluding hydrogens is 809 g/mol. The Morgan fingerprint density at radius 1 is 0.453 bits per heavy atom. The zero-order chi connectivity index (χ0) is 44.0. The number of ether oxygens (including phenoxy) is 8. The highest BCUT2D eigenvalue weighted by Gasteiger charge is 2.51. The number of hydrogen-bond acceptors (Lipinski definition) is 10. The number of aliphatic hydroxyl groups is 2. The van der Waals surface area contributed by atoms with E-state index < -0.39 is 49.0 Å². The van der Waals surface area contributed by atoms with Gasteiger partial charge in [-0.05, 0) is 39.8 Å². The summed E-state index contributed by atoms with van der Waals surface area (Å²) in [7, 11) is 0. The molecule has 64 heavy (non-hydrogen) atoms. The lowest BCUT2D eigenvalue weighted by Gasteiger charge is -2.47.